The number of aromatic nitrogens is 2. The Morgan fingerprint density at radius 2 is 2.20 bits per heavy atom. The van der Waals surface area contributed by atoms with Gasteiger partial charge in [0.05, 0.1) is 9.11 Å². The minimum Gasteiger partial charge on any atom is -0.475 e. The molecular weight excluding hydrogens is 305 g/mol. The van der Waals surface area contributed by atoms with Gasteiger partial charge in [0, 0.05) is 6.20 Å². The topological polar surface area (TPSA) is 61.0 Å². The summed E-state index contributed by atoms with van der Waals surface area (Å²) >= 11 is 2.16. The fraction of sp³-hybridized carbons (Fsp3) is 0.600. The molecule has 4 nitrogen and oxygen atoms in total. The lowest BCUT2D eigenvalue weighted by atomic mass is 10.0. The summed E-state index contributed by atoms with van der Waals surface area (Å²) in [7, 11) is 0. The highest BCUT2D eigenvalue weighted by atomic mass is 127. The molecule has 0 aromatic carbocycles. The molecule has 0 unspecified atom stereocenters. The smallest absolute Gasteiger partial charge is 0.230 e. The second-order valence-corrected chi connectivity index (χ2v) is 5.20. The summed E-state index contributed by atoms with van der Waals surface area (Å²) in [5.41, 5.74) is 6.04. The molecular formula is C10H14IN3O. The van der Waals surface area contributed by atoms with Crippen LogP contribution in [0.15, 0.2) is 12.5 Å². The Morgan fingerprint density at radius 1 is 1.47 bits per heavy atom. The highest BCUT2D eigenvalue weighted by Gasteiger charge is 2.30. The van der Waals surface area contributed by atoms with E-state index in [1.807, 2.05) is 0 Å². The molecule has 82 valence electrons. The van der Waals surface area contributed by atoms with Gasteiger partial charge in [-0.15, -0.1) is 0 Å². The zero-order valence-electron chi connectivity index (χ0n) is 8.45. The average molecular weight is 319 g/mol. The first-order valence-corrected chi connectivity index (χ1v) is 6.15. The standard InChI is InChI=1S/C10H14IN3O/c11-8-5-13-7-14-9(8)15-6-10(12)3-1-2-4-10/h5,7H,1-4,6,12H2. The monoisotopic (exact) mass is 319 g/mol. The number of halogens is 1. The molecule has 0 saturated heterocycles. The SMILES string of the molecule is NC1(COc2ncncc2I)CCCC1. The highest BCUT2D eigenvalue weighted by molar-refractivity contribution is 14.1. The van der Waals surface area contributed by atoms with Crippen LogP contribution < -0.4 is 10.5 Å². The third-order valence-corrected chi connectivity index (χ3v) is 3.47. The van der Waals surface area contributed by atoms with Crippen molar-refractivity contribution in [1.82, 2.24) is 9.97 Å². The van der Waals surface area contributed by atoms with Crippen LogP contribution >= 0.6 is 22.6 Å². The average Bonchev–Trinajstić information content (AvgIpc) is 2.65. The van der Waals surface area contributed by atoms with Gasteiger partial charge in [-0.3, -0.25) is 0 Å². The first-order chi connectivity index (χ1) is 7.20. The van der Waals surface area contributed by atoms with Gasteiger partial charge in [0.15, 0.2) is 0 Å². The van der Waals surface area contributed by atoms with Crippen LogP contribution in [0.1, 0.15) is 25.7 Å². The molecule has 5 heteroatoms. The van der Waals surface area contributed by atoms with Crippen molar-refractivity contribution in [2.45, 2.75) is 31.2 Å². The van der Waals surface area contributed by atoms with Crippen LogP contribution in [0.25, 0.3) is 0 Å². The van der Waals surface area contributed by atoms with Crippen molar-refractivity contribution >= 4 is 22.6 Å². The Kier molecular flexibility index (Phi) is 3.40. The molecule has 2 N–H and O–H groups in total. The van der Waals surface area contributed by atoms with Crippen LogP contribution in [0, 0.1) is 3.57 Å². The number of hydrogen-bond acceptors (Lipinski definition) is 4. The summed E-state index contributed by atoms with van der Waals surface area (Å²) in [4.78, 5) is 7.99. The van der Waals surface area contributed by atoms with Gasteiger partial charge in [-0.05, 0) is 35.4 Å². The summed E-state index contributed by atoms with van der Waals surface area (Å²) in [6.07, 6.45) is 7.75. The van der Waals surface area contributed by atoms with Crippen LogP contribution in [0.5, 0.6) is 5.88 Å². The Morgan fingerprint density at radius 3 is 2.87 bits per heavy atom. The van der Waals surface area contributed by atoms with Gasteiger partial charge in [-0.2, -0.15) is 0 Å². The molecule has 0 amide bonds. The molecule has 1 heterocycles. The molecule has 2 rings (SSSR count). The van der Waals surface area contributed by atoms with Gasteiger partial charge >= 0.3 is 0 Å². The second kappa shape index (κ2) is 4.61. The Bertz CT molecular complexity index is 339. The predicted molar refractivity (Wildman–Crippen MR) is 65.6 cm³/mol. The van der Waals surface area contributed by atoms with Crippen molar-refractivity contribution in [3.8, 4) is 5.88 Å². The van der Waals surface area contributed by atoms with Gasteiger partial charge in [0.1, 0.15) is 12.9 Å². The fourth-order valence-electron chi connectivity index (χ4n) is 1.84. The van der Waals surface area contributed by atoms with E-state index in [0.29, 0.717) is 12.5 Å². The molecule has 0 atom stereocenters. The minimum atomic E-state index is -0.145. The van der Waals surface area contributed by atoms with E-state index < -0.39 is 0 Å². The van der Waals surface area contributed by atoms with Gasteiger partial charge in [0.25, 0.3) is 0 Å². The Hall–Kier alpha value is -0.430. The molecule has 1 aliphatic carbocycles. The lowest BCUT2D eigenvalue weighted by molar-refractivity contribution is 0.211. The maximum Gasteiger partial charge on any atom is 0.230 e. The van der Waals surface area contributed by atoms with E-state index >= 15 is 0 Å². The van der Waals surface area contributed by atoms with Crippen molar-refractivity contribution in [2.24, 2.45) is 5.73 Å². The number of nitrogens with two attached hydrogens (primary N) is 1. The normalized spacial score (nSPS) is 19.1. The summed E-state index contributed by atoms with van der Waals surface area (Å²) in [6, 6.07) is 0. The maximum absolute atomic E-state index is 6.19. The number of rotatable bonds is 3. The van der Waals surface area contributed by atoms with Crippen LogP contribution in [0.4, 0.5) is 0 Å². The first kappa shape index (κ1) is 11.1. The summed E-state index contributed by atoms with van der Waals surface area (Å²) in [5.74, 6) is 0.641. The summed E-state index contributed by atoms with van der Waals surface area (Å²) in [5, 5.41) is 0. The lowest BCUT2D eigenvalue weighted by Gasteiger charge is -2.23. The van der Waals surface area contributed by atoms with E-state index in [9.17, 15) is 0 Å². The van der Waals surface area contributed by atoms with E-state index in [1.54, 1.807) is 6.20 Å². The van der Waals surface area contributed by atoms with Crippen LogP contribution in [0.3, 0.4) is 0 Å². The second-order valence-electron chi connectivity index (χ2n) is 4.03. The first-order valence-electron chi connectivity index (χ1n) is 5.07. The quantitative estimate of drug-likeness (QED) is 0.862. The predicted octanol–water partition coefficient (Wildman–Crippen LogP) is 1.73. The molecule has 1 fully saturated rings. The number of nitrogens with zero attached hydrogens (tertiary/aromatic N) is 2. The minimum absolute atomic E-state index is 0.145. The van der Waals surface area contributed by atoms with Crippen molar-refractivity contribution < 1.29 is 4.74 Å². The zero-order chi connectivity index (χ0) is 10.7. The van der Waals surface area contributed by atoms with Crippen molar-refractivity contribution in [1.29, 1.82) is 0 Å². The Balaban J connectivity index is 1.95. The largest absolute Gasteiger partial charge is 0.475 e. The summed E-state index contributed by atoms with van der Waals surface area (Å²) < 4.78 is 6.57. The molecule has 0 radical (unpaired) electrons. The molecule has 1 aromatic heterocycles. The zero-order valence-corrected chi connectivity index (χ0v) is 10.6. The van der Waals surface area contributed by atoms with Gasteiger partial charge < -0.3 is 10.5 Å². The summed E-state index contributed by atoms with van der Waals surface area (Å²) in [6.45, 7) is 0.556. The van der Waals surface area contributed by atoms with E-state index in [2.05, 4.69) is 32.6 Å². The molecule has 0 spiro atoms. The number of hydrogen-bond donors (Lipinski definition) is 1. The van der Waals surface area contributed by atoms with Crippen molar-refractivity contribution in [2.75, 3.05) is 6.61 Å². The third kappa shape index (κ3) is 2.78. The van der Waals surface area contributed by atoms with E-state index in [1.165, 1.54) is 19.2 Å². The third-order valence-electron chi connectivity index (χ3n) is 2.73. The fourth-order valence-corrected chi connectivity index (χ4v) is 2.30. The van der Waals surface area contributed by atoms with E-state index in [4.69, 9.17) is 10.5 Å². The number of ether oxygens (including phenoxy) is 1. The molecule has 15 heavy (non-hydrogen) atoms. The molecule has 0 aliphatic heterocycles. The molecule has 1 aliphatic rings. The van der Waals surface area contributed by atoms with Gasteiger partial charge in [-0.1, -0.05) is 12.8 Å². The van der Waals surface area contributed by atoms with Crippen molar-refractivity contribution in [3.05, 3.63) is 16.1 Å². The Labute approximate surface area is 103 Å². The molecule has 1 aromatic rings. The van der Waals surface area contributed by atoms with Crippen LogP contribution in [-0.4, -0.2) is 22.1 Å². The molecule has 1 saturated carbocycles. The van der Waals surface area contributed by atoms with Crippen LogP contribution in [-0.2, 0) is 0 Å². The van der Waals surface area contributed by atoms with Crippen LogP contribution in [0.2, 0.25) is 0 Å². The van der Waals surface area contributed by atoms with Gasteiger partial charge in [0.2, 0.25) is 5.88 Å². The van der Waals surface area contributed by atoms with E-state index in [0.717, 1.165) is 16.4 Å². The van der Waals surface area contributed by atoms with Crippen molar-refractivity contribution in [3.63, 3.8) is 0 Å². The maximum atomic E-state index is 6.19. The molecule has 0 bridgehead atoms. The van der Waals surface area contributed by atoms with E-state index in [-0.39, 0.29) is 5.54 Å². The lowest BCUT2D eigenvalue weighted by Crippen LogP contribution is -2.42. The highest BCUT2D eigenvalue weighted by Crippen LogP contribution is 2.28. The van der Waals surface area contributed by atoms with Gasteiger partial charge in [-0.25, -0.2) is 9.97 Å².